The number of benzene rings is 1. The number of phenols is 3. The van der Waals surface area contributed by atoms with E-state index in [0.717, 1.165) is 18.2 Å². The second kappa shape index (κ2) is 6.10. The maximum absolute atomic E-state index is 8.67. The fourth-order valence-electron chi connectivity index (χ4n) is 0.580. The topological polar surface area (TPSA) is 101 Å². The predicted octanol–water partition coefficient (Wildman–Crippen LogP) is -0.226. The lowest BCUT2D eigenvalue weighted by Crippen LogP contribution is -1.85. The number of hydrogen-bond donors (Lipinski definition) is 5. The maximum Gasteiger partial charge on any atom is 0.122 e. The van der Waals surface area contributed by atoms with Gasteiger partial charge in [-0.3, -0.25) is 0 Å². The van der Waals surface area contributed by atoms with Crippen molar-refractivity contribution in [3.8, 4) is 17.2 Å². The molecule has 13 heavy (non-hydrogen) atoms. The van der Waals surface area contributed by atoms with Crippen molar-refractivity contribution in [2.75, 3.05) is 13.2 Å². The molecule has 5 N–H and O–H groups in total. The minimum absolute atomic E-state index is 0.125. The fourth-order valence-corrected chi connectivity index (χ4v) is 0.580. The molecule has 0 saturated heterocycles. The molecular weight excluding hydrogens is 176 g/mol. The summed E-state index contributed by atoms with van der Waals surface area (Å²) in [6, 6.07) is 3.42. The first kappa shape index (κ1) is 11.5. The van der Waals surface area contributed by atoms with Gasteiger partial charge in [0.05, 0.1) is 13.2 Å². The van der Waals surface area contributed by atoms with Crippen molar-refractivity contribution in [3.05, 3.63) is 18.2 Å². The van der Waals surface area contributed by atoms with Crippen LogP contribution in [0.5, 0.6) is 17.2 Å². The Balaban J connectivity index is 0.000000310. The van der Waals surface area contributed by atoms with Gasteiger partial charge in [0.25, 0.3) is 0 Å². The van der Waals surface area contributed by atoms with Crippen LogP contribution in [-0.4, -0.2) is 38.7 Å². The van der Waals surface area contributed by atoms with Gasteiger partial charge < -0.3 is 25.5 Å². The Hall–Kier alpha value is -1.46. The number of phenolic OH excluding ortho intramolecular Hbond substituents is 3. The van der Waals surface area contributed by atoms with Crippen LogP contribution in [0.4, 0.5) is 0 Å². The first-order chi connectivity index (χ1) is 6.10. The van der Waals surface area contributed by atoms with E-state index in [-0.39, 0.29) is 30.5 Å². The summed E-state index contributed by atoms with van der Waals surface area (Å²) in [7, 11) is 0. The minimum atomic E-state index is -0.146. The molecule has 0 aliphatic rings. The summed E-state index contributed by atoms with van der Waals surface area (Å²) in [5.74, 6) is -0.437. The number of aliphatic hydroxyl groups excluding tert-OH is 2. The molecule has 0 heterocycles. The third-order valence-electron chi connectivity index (χ3n) is 0.987. The fraction of sp³-hybridized carbons (Fsp3) is 0.250. The molecule has 1 rings (SSSR count). The van der Waals surface area contributed by atoms with Crippen LogP contribution in [0.1, 0.15) is 0 Å². The SMILES string of the molecule is OCCO.Oc1cc(O)cc(O)c1. The summed E-state index contributed by atoms with van der Waals surface area (Å²) in [5.41, 5.74) is 0. The highest BCUT2D eigenvalue weighted by Gasteiger charge is 1.94. The summed E-state index contributed by atoms with van der Waals surface area (Å²) >= 11 is 0. The van der Waals surface area contributed by atoms with E-state index in [0.29, 0.717) is 0 Å². The molecule has 0 radical (unpaired) electrons. The summed E-state index contributed by atoms with van der Waals surface area (Å²) < 4.78 is 0. The van der Waals surface area contributed by atoms with Crippen molar-refractivity contribution in [2.45, 2.75) is 0 Å². The Morgan fingerprint density at radius 2 is 0.923 bits per heavy atom. The molecular formula is C8H12O5. The van der Waals surface area contributed by atoms with Gasteiger partial charge >= 0.3 is 0 Å². The largest absolute Gasteiger partial charge is 0.508 e. The normalized spacial score (nSPS) is 8.77. The van der Waals surface area contributed by atoms with E-state index >= 15 is 0 Å². The maximum atomic E-state index is 8.67. The third kappa shape index (κ3) is 5.77. The van der Waals surface area contributed by atoms with Crippen molar-refractivity contribution < 1.29 is 25.5 Å². The Morgan fingerprint density at radius 1 is 0.692 bits per heavy atom. The monoisotopic (exact) mass is 188 g/mol. The van der Waals surface area contributed by atoms with Crippen LogP contribution in [0.15, 0.2) is 18.2 Å². The van der Waals surface area contributed by atoms with Crippen molar-refractivity contribution in [3.63, 3.8) is 0 Å². The van der Waals surface area contributed by atoms with E-state index in [1.54, 1.807) is 0 Å². The molecule has 0 fully saturated rings. The van der Waals surface area contributed by atoms with Crippen LogP contribution in [0, 0.1) is 0 Å². The van der Waals surface area contributed by atoms with Crippen molar-refractivity contribution in [1.82, 2.24) is 0 Å². The van der Waals surface area contributed by atoms with Crippen LogP contribution >= 0.6 is 0 Å². The molecule has 5 heteroatoms. The van der Waals surface area contributed by atoms with Crippen LogP contribution in [-0.2, 0) is 0 Å². The van der Waals surface area contributed by atoms with Gasteiger partial charge in [-0.05, 0) is 0 Å². The molecule has 0 aromatic heterocycles. The second-order valence-electron chi connectivity index (χ2n) is 2.15. The summed E-state index contributed by atoms with van der Waals surface area (Å²) in [6.45, 7) is -0.250. The first-order valence-corrected chi connectivity index (χ1v) is 3.54. The van der Waals surface area contributed by atoms with E-state index in [9.17, 15) is 0 Å². The van der Waals surface area contributed by atoms with Gasteiger partial charge in [0.15, 0.2) is 0 Å². The lowest BCUT2D eigenvalue weighted by molar-refractivity contribution is 0.186. The van der Waals surface area contributed by atoms with Gasteiger partial charge in [-0.15, -0.1) is 0 Å². The van der Waals surface area contributed by atoms with E-state index < -0.39 is 0 Å². The number of aliphatic hydroxyl groups is 2. The zero-order valence-electron chi connectivity index (χ0n) is 6.88. The van der Waals surface area contributed by atoms with Gasteiger partial charge in [0.2, 0.25) is 0 Å². The molecule has 1 aromatic rings. The Labute approximate surface area is 75.1 Å². The van der Waals surface area contributed by atoms with Crippen molar-refractivity contribution in [2.24, 2.45) is 0 Å². The van der Waals surface area contributed by atoms with Gasteiger partial charge in [0.1, 0.15) is 17.2 Å². The van der Waals surface area contributed by atoms with E-state index in [1.807, 2.05) is 0 Å². The summed E-state index contributed by atoms with van der Waals surface area (Å²) in [4.78, 5) is 0. The summed E-state index contributed by atoms with van der Waals surface area (Å²) in [5, 5.41) is 41.3. The number of aromatic hydroxyl groups is 3. The standard InChI is InChI=1S/C6H6O3.C2H6O2/c7-4-1-5(8)3-6(9)2-4;3-1-2-4/h1-3,7-9H;3-4H,1-2H2. The Bertz CT molecular complexity index is 196. The molecule has 0 saturated carbocycles. The van der Waals surface area contributed by atoms with E-state index in [4.69, 9.17) is 25.5 Å². The van der Waals surface area contributed by atoms with Crippen LogP contribution in [0.3, 0.4) is 0 Å². The van der Waals surface area contributed by atoms with Gasteiger partial charge in [-0.25, -0.2) is 0 Å². The van der Waals surface area contributed by atoms with E-state index in [1.165, 1.54) is 0 Å². The molecule has 0 bridgehead atoms. The molecule has 0 unspecified atom stereocenters. The lowest BCUT2D eigenvalue weighted by atomic mass is 10.3. The van der Waals surface area contributed by atoms with Crippen LogP contribution < -0.4 is 0 Å². The zero-order valence-corrected chi connectivity index (χ0v) is 6.88. The Kier molecular flexibility index (Phi) is 5.42. The highest BCUT2D eigenvalue weighted by Crippen LogP contribution is 2.23. The highest BCUT2D eigenvalue weighted by molar-refractivity contribution is 5.39. The number of rotatable bonds is 1. The average molecular weight is 188 g/mol. The third-order valence-corrected chi connectivity index (χ3v) is 0.987. The minimum Gasteiger partial charge on any atom is -0.508 e. The molecule has 0 amide bonds. The predicted molar refractivity (Wildman–Crippen MR) is 45.6 cm³/mol. The van der Waals surface area contributed by atoms with Crippen molar-refractivity contribution in [1.29, 1.82) is 0 Å². The molecule has 5 nitrogen and oxygen atoms in total. The first-order valence-electron chi connectivity index (χ1n) is 3.54. The molecule has 1 aromatic carbocycles. The van der Waals surface area contributed by atoms with Gasteiger partial charge in [-0.1, -0.05) is 0 Å². The van der Waals surface area contributed by atoms with Gasteiger partial charge in [0, 0.05) is 18.2 Å². The zero-order chi connectivity index (χ0) is 10.3. The van der Waals surface area contributed by atoms with Crippen LogP contribution in [0.2, 0.25) is 0 Å². The Morgan fingerprint density at radius 3 is 1.08 bits per heavy atom. The summed E-state index contributed by atoms with van der Waals surface area (Å²) in [6.07, 6.45) is 0. The quantitative estimate of drug-likeness (QED) is 0.419. The second-order valence-corrected chi connectivity index (χ2v) is 2.15. The van der Waals surface area contributed by atoms with Crippen molar-refractivity contribution >= 4 is 0 Å². The van der Waals surface area contributed by atoms with Crippen LogP contribution in [0.25, 0.3) is 0 Å². The smallest absolute Gasteiger partial charge is 0.122 e. The molecule has 0 aliphatic heterocycles. The highest BCUT2D eigenvalue weighted by atomic mass is 16.3. The molecule has 0 atom stereocenters. The molecule has 74 valence electrons. The lowest BCUT2D eigenvalue weighted by Gasteiger charge is -1.94. The number of hydrogen-bond acceptors (Lipinski definition) is 5. The average Bonchev–Trinajstić information content (AvgIpc) is 2.02. The molecule has 0 aliphatic carbocycles. The van der Waals surface area contributed by atoms with Gasteiger partial charge in [-0.2, -0.15) is 0 Å². The van der Waals surface area contributed by atoms with E-state index in [2.05, 4.69) is 0 Å². The molecule has 0 spiro atoms.